The number of carbonyl (C=O) groups is 1. The topological polar surface area (TPSA) is 81.9 Å². The molecule has 7 nitrogen and oxygen atoms in total. The average Bonchev–Trinajstić information content (AvgIpc) is 3.04. The summed E-state index contributed by atoms with van der Waals surface area (Å²) < 4.78 is 7.48. The van der Waals surface area contributed by atoms with Crippen molar-refractivity contribution in [1.82, 2.24) is 19.7 Å². The molecule has 2 heterocycles. The van der Waals surface area contributed by atoms with E-state index < -0.39 is 0 Å². The Balaban J connectivity index is 1.45. The number of amides is 1. The summed E-state index contributed by atoms with van der Waals surface area (Å²) in [5.74, 6) is 1.57. The van der Waals surface area contributed by atoms with E-state index in [0.29, 0.717) is 28.2 Å². The van der Waals surface area contributed by atoms with Gasteiger partial charge in [0.1, 0.15) is 11.5 Å². The van der Waals surface area contributed by atoms with Crippen molar-refractivity contribution in [3.63, 3.8) is 0 Å². The third kappa shape index (κ3) is 5.21. The van der Waals surface area contributed by atoms with Gasteiger partial charge in [-0.05, 0) is 70.2 Å². The molecule has 0 spiro atoms. The van der Waals surface area contributed by atoms with Gasteiger partial charge in [0.25, 0.3) is 5.95 Å². The van der Waals surface area contributed by atoms with Crippen LogP contribution < -0.4 is 10.1 Å². The number of aryl methyl sites for hydroxylation is 3. The maximum absolute atomic E-state index is 12.7. The summed E-state index contributed by atoms with van der Waals surface area (Å²) in [6.07, 6.45) is 0.195. The Morgan fingerprint density at radius 3 is 2.33 bits per heavy atom. The van der Waals surface area contributed by atoms with Gasteiger partial charge in [0, 0.05) is 28.3 Å². The van der Waals surface area contributed by atoms with Gasteiger partial charge in [-0.25, -0.2) is 14.6 Å². The molecule has 0 bridgehead atoms. The molecule has 33 heavy (non-hydrogen) atoms. The number of hydrogen-bond donors (Lipinski definition) is 1. The Labute approximate surface area is 197 Å². The van der Waals surface area contributed by atoms with Gasteiger partial charge >= 0.3 is 0 Å². The Morgan fingerprint density at radius 2 is 1.67 bits per heavy atom. The van der Waals surface area contributed by atoms with Gasteiger partial charge in [0.2, 0.25) is 5.91 Å². The van der Waals surface area contributed by atoms with E-state index >= 15 is 0 Å². The van der Waals surface area contributed by atoms with Crippen molar-refractivity contribution in [2.75, 3.05) is 5.32 Å². The van der Waals surface area contributed by atoms with Crippen LogP contribution in [-0.4, -0.2) is 25.7 Å². The summed E-state index contributed by atoms with van der Waals surface area (Å²) in [5.41, 5.74) is 4.88. The van der Waals surface area contributed by atoms with Gasteiger partial charge in [-0.15, -0.1) is 0 Å². The minimum Gasteiger partial charge on any atom is -0.456 e. The summed E-state index contributed by atoms with van der Waals surface area (Å²) in [4.78, 5) is 21.7. The van der Waals surface area contributed by atoms with Gasteiger partial charge in [-0.3, -0.25) is 4.79 Å². The molecule has 0 aliphatic rings. The van der Waals surface area contributed by atoms with E-state index in [4.69, 9.17) is 16.3 Å². The number of halogens is 1. The van der Waals surface area contributed by atoms with Crippen LogP contribution in [0.15, 0.2) is 54.6 Å². The fourth-order valence-corrected chi connectivity index (χ4v) is 3.73. The summed E-state index contributed by atoms with van der Waals surface area (Å²) in [6.45, 7) is 7.64. The molecule has 0 fully saturated rings. The minimum absolute atomic E-state index is 0.137. The van der Waals surface area contributed by atoms with Gasteiger partial charge < -0.3 is 10.1 Å². The molecular formula is C25H24ClN5O2. The standard InChI is InChI=1S/C25H24ClN5O2/c1-15-13-16(2)28-25(27-15)31-18(4)21(17(3)30-31)14-24(32)29-19-9-11-20(12-10-19)33-23-8-6-5-7-22(23)26/h5-13H,14H2,1-4H3,(H,29,32). The highest BCUT2D eigenvalue weighted by Gasteiger charge is 2.18. The van der Waals surface area contributed by atoms with Gasteiger partial charge in [0.05, 0.1) is 17.1 Å². The molecule has 2 aromatic heterocycles. The van der Waals surface area contributed by atoms with E-state index in [9.17, 15) is 4.79 Å². The van der Waals surface area contributed by atoms with Crippen molar-refractivity contribution in [2.24, 2.45) is 0 Å². The predicted molar refractivity (Wildman–Crippen MR) is 128 cm³/mol. The van der Waals surface area contributed by atoms with Crippen molar-refractivity contribution in [2.45, 2.75) is 34.1 Å². The third-order valence-electron chi connectivity index (χ3n) is 5.14. The van der Waals surface area contributed by atoms with Crippen molar-refractivity contribution in [3.05, 3.63) is 88.0 Å². The van der Waals surface area contributed by atoms with Crippen molar-refractivity contribution < 1.29 is 9.53 Å². The molecule has 4 aromatic rings. The lowest BCUT2D eigenvalue weighted by Gasteiger charge is -2.09. The second-order valence-corrected chi connectivity index (χ2v) is 8.20. The van der Waals surface area contributed by atoms with E-state index in [-0.39, 0.29) is 12.3 Å². The minimum atomic E-state index is -0.137. The number of rotatable bonds is 6. The lowest BCUT2D eigenvalue weighted by Crippen LogP contribution is -2.15. The molecule has 8 heteroatoms. The highest BCUT2D eigenvalue weighted by atomic mass is 35.5. The van der Waals surface area contributed by atoms with Gasteiger partial charge in [0.15, 0.2) is 0 Å². The average molecular weight is 462 g/mol. The molecule has 168 valence electrons. The Hall–Kier alpha value is -3.71. The van der Waals surface area contributed by atoms with Gasteiger partial charge in [-0.2, -0.15) is 5.10 Å². The number of anilines is 1. The quantitative estimate of drug-likeness (QED) is 0.408. The van der Waals surface area contributed by atoms with Gasteiger partial charge in [-0.1, -0.05) is 23.7 Å². The molecule has 1 N–H and O–H groups in total. The van der Waals surface area contributed by atoms with E-state index in [1.807, 2.05) is 45.9 Å². The smallest absolute Gasteiger partial charge is 0.251 e. The maximum Gasteiger partial charge on any atom is 0.251 e. The van der Waals surface area contributed by atoms with Crippen molar-refractivity contribution in [3.8, 4) is 17.4 Å². The molecule has 0 unspecified atom stereocenters. The van der Waals surface area contributed by atoms with Crippen LogP contribution in [0, 0.1) is 27.7 Å². The van der Waals surface area contributed by atoms with Crippen molar-refractivity contribution >= 4 is 23.2 Å². The molecule has 1 amide bonds. The number of hydrogen-bond acceptors (Lipinski definition) is 5. The number of para-hydroxylation sites is 1. The SMILES string of the molecule is Cc1cc(C)nc(-n2nc(C)c(CC(=O)Nc3ccc(Oc4ccccc4Cl)cc3)c2C)n1. The second-order valence-electron chi connectivity index (χ2n) is 7.79. The highest BCUT2D eigenvalue weighted by Crippen LogP contribution is 2.29. The Bertz CT molecular complexity index is 1290. The maximum atomic E-state index is 12.7. The number of nitrogens with one attached hydrogen (secondary N) is 1. The zero-order valence-electron chi connectivity index (χ0n) is 18.9. The first kappa shape index (κ1) is 22.5. The fourth-order valence-electron chi connectivity index (χ4n) is 3.55. The van der Waals surface area contributed by atoms with E-state index in [1.54, 1.807) is 41.1 Å². The summed E-state index contributed by atoms with van der Waals surface area (Å²) in [7, 11) is 0. The van der Waals surface area contributed by atoms with Crippen molar-refractivity contribution in [1.29, 1.82) is 0 Å². The molecule has 0 aliphatic carbocycles. The number of benzene rings is 2. The lowest BCUT2D eigenvalue weighted by molar-refractivity contribution is -0.115. The molecule has 0 atom stereocenters. The molecule has 4 rings (SSSR count). The first-order valence-electron chi connectivity index (χ1n) is 10.5. The molecule has 0 saturated heterocycles. The fraction of sp³-hybridized carbons (Fsp3) is 0.200. The Morgan fingerprint density at radius 1 is 1.00 bits per heavy atom. The number of carbonyl (C=O) groups excluding carboxylic acids is 1. The largest absolute Gasteiger partial charge is 0.456 e. The van der Waals surface area contributed by atoms with Crippen LogP contribution in [0.4, 0.5) is 5.69 Å². The molecule has 0 saturated carbocycles. The molecular weight excluding hydrogens is 438 g/mol. The third-order valence-corrected chi connectivity index (χ3v) is 5.45. The van der Waals surface area contributed by atoms with E-state index in [2.05, 4.69) is 20.4 Å². The number of aromatic nitrogens is 4. The Kier molecular flexibility index (Phi) is 6.42. The van der Waals surface area contributed by atoms with E-state index in [0.717, 1.165) is 28.3 Å². The van der Waals surface area contributed by atoms with Crippen LogP contribution in [0.2, 0.25) is 5.02 Å². The first-order valence-corrected chi connectivity index (χ1v) is 10.9. The zero-order chi connectivity index (χ0) is 23.5. The normalized spacial score (nSPS) is 10.8. The van der Waals surface area contributed by atoms with Crippen LogP contribution in [0.25, 0.3) is 5.95 Å². The first-order chi connectivity index (χ1) is 15.8. The summed E-state index contributed by atoms with van der Waals surface area (Å²) in [5, 5.41) is 8.03. The lowest BCUT2D eigenvalue weighted by atomic mass is 10.1. The molecule has 0 radical (unpaired) electrons. The van der Waals surface area contributed by atoms with Crippen LogP contribution in [0.1, 0.15) is 28.3 Å². The van der Waals surface area contributed by atoms with E-state index in [1.165, 1.54) is 0 Å². The van der Waals surface area contributed by atoms with Crippen LogP contribution in [0.5, 0.6) is 11.5 Å². The van der Waals surface area contributed by atoms with Crippen LogP contribution >= 0.6 is 11.6 Å². The zero-order valence-corrected chi connectivity index (χ0v) is 19.6. The highest BCUT2D eigenvalue weighted by molar-refractivity contribution is 6.32. The predicted octanol–water partition coefficient (Wildman–Crippen LogP) is 5.52. The second kappa shape index (κ2) is 9.42. The van der Waals surface area contributed by atoms with Crippen LogP contribution in [0.3, 0.4) is 0 Å². The summed E-state index contributed by atoms with van der Waals surface area (Å²) >= 11 is 6.14. The number of nitrogens with zero attached hydrogens (tertiary/aromatic N) is 4. The van der Waals surface area contributed by atoms with Crippen LogP contribution in [-0.2, 0) is 11.2 Å². The summed E-state index contributed by atoms with van der Waals surface area (Å²) in [6, 6.07) is 16.3. The molecule has 0 aliphatic heterocycles. The monoisotopic (exact) mass is 461 g/mol. The molecule has 2 aromatic carbocycles. The number of ether oxygens (including phenoxy) is 1.